The van der Waals surface area contributed by atoms with E-state index in [1.165, 1.54) is 0 Å². The molecule has 1 aromatic rings. The number of hydrogen-bond donors (Lipinski definition) is 2. The minimum Gasteiger partial charge on any atom is -0.486 e. The van der Waals surface area contributed by atoms with E-state index in [-0.39, 0.29) is 0 Å². The maximum atomic E-state index is 10.3. The number of rotatable bonds is 6. The normalized spacial score (nSPS) is 16.9. The van der Waals surface area contributed by atoms with Crippen LogP contribution in [0.15, 0.2) is 12.1 Å². The highest BCUT2D eigenvalue weighted by atomic mass is 35.5. The fourth-order valence-electron chi connectivity index (χ4n) is 2.69. The standard InChI is InChI=1S/C16H24ClNO3/c1-11(2)8-16(3,19)10-18-9-12-6-13(17)15-14(7-12)20-4-5-21-15/h6-7,11,18-19H,4-5,8-10H2,1-3H3. The molecule has 0 saturated heterocycles. The number of benzene rings is 1. The molecule has 1 heterocycles. The van der Waals surface area contributed by atoms with E-state index in [0.717, 1.165) is 12.0 Å². The highest BCUT2D eigenvalue weighted by Gasteiger charge is 2.21. The van der Waals surface area contributed by atoms with Gasteiger partial charge >= 0.3 is 0 Å². The summed E-state index contributed by atoms with van der Waals surface area (Å²) in [5.74, 6) is 1.78. The van der Waals surface area contributed by atoms with Crippen LogP contribution in [0.25, 0.3) is 0 Å². The van der Waals surface area contributed by atoms with E-state index in [1.54, 1.807) is 0 Å². The zero-order valence-electron chi connectivity index (χ0n) is 12.9. The second-order valence-corrected chi connectivity index (χ2v) is 6.71. The van der Waals surface area contributed by atoms with Crippen LogP contribution in [0, 0.1) is 5.92 Å². The van der Waals surface area contributed by atoms with E-state index in [9.17, 15) is 5.11 Å². The molecule has 1 aliphatic rings. The molecule has 0 fully saturated rings. The molecule has 118 valence electrons. The van der Waals surface area contributed by atoms with E-state index >= 15 is 0 Å². The van der Waals surface area contributed by atoms with Crippen molar-refractivity contribution in [3.05, 3.63) is 22.7 Å². The van der Waals surface area contributed by atoms with Crippen LogP contribution in [0.2, 0.25) is 5.02 Å². The van der Waals surface area contributed by atoms with Gasteiger partial charge in [-0.1, -0.05) is 25.4 Å². The smallest absolute Gasteiger partial charge is 0.179 e. The van der Waals surface area contributed by atoms with Crippen LogP contribution >= 0.6 is 11.6 Å². The van der Waals surface area contributed by atoms with Gasteiger partial charge in [0.05, 0.1) is 10.6 Å². The first-order valence-electron chi connectivity index (χ1n) is 7.38. The Balaban J connectivity index is 1.93. The Hall–Kier alpha value is -0.970. The van der Waals surface area contributed by atoms with Crippen molar-refractivity contribution < 1.29 is 14.6 Å². The van der Waals surface area contributed by atoms with E-state index < -0.39 is 5.60 Å². The second-order valence-electron chi connectivity index (χ2n) is 6.30. The van der Waals surface area contributed by atoms with Crippen molar-refractivity contribution in [2.24, 2.45) is 5.92 Å². The van der Waals surface area contributed by atoms with Gasteiger partial charge in [0.15, 0.2) is 11.5 Å². The maximum absolute atomic E-state index is 10.3. The highest BCUT2D eigenvalue weighted by Crippen LogP contribution is 2.38. The molecule has 5 heteroatoms. The summed E-state index contributed by atoms with van der Waals surface area (Å²) in [7, 11) is 0. The minimum atomic E-state index is -0.703. The van der Waals surface area contributed by atoms with Crippen LogP contribution in [0.5, 0.6) is 11.5 Å². The quantitative estimate of drug-likeness (QED) is 0.847. The van der Waals surface area contributed by atoms with Crippen LogP contribution in [-0.4, -0.2) is 30.5 Å². The average molecular weight is 314 g/mol. The van der Waals surface area contributed by atoms with E-state index in [4.69, 9.17) is 21.1 Å². The summed E-state index contributed by atoms with van der Waals surface area (Å²) in [5, 5.41) is 14.1. The summed E-state index contributed by atoms with van der Waals surface area (Å²) in [6, 6.07) is 3.81. The summed E-state index contributed by atoms with van der Waals surface area (Å²) in [4.78, 5) is 0. The van der Waals surface area contributed by atoms with Gasteiger partial charge in [-0.15, -0.1) is 0 Å². The molecule has 1 aromatic carbocycles. The topological polar surface area (TPSA) is 50.7 Å². The van der Waals surface area contributed by atoms with Gasteiger partial charge in [-0.05, 0) is 37.0 Å². The van der Waals surface area contributed by atoms with Crippen molar-refractivity contribution >= 4 is 11.6 Å². The van der Waals surface area contributed by atoms with Crippen molar-refractivity contribution in [2.75, 3.05) is 19.8 Å². The molecule has 1 aliphatic heterocycles. The lowest BCUT2D eigenvalue weighted by Gasteiger charge is -2.26. The van der Waals surface area contributed by atoms with Gasteiger partial charge in [-0.3, -0.25) is 0 Å². The van der Waals surface area contributed by atoms with Crippen molar-refractivity contribution in [1.82, 2.24) is 5.32 Å². The summed E-state index contributed by atoms with van der Waals surface area (Å²) in [6.07, 6.45) is 0.766. The predicted molar refractivity (Wildman–Crippen MR) is 84.2 cm³/mol. The predicted octanol–water partition coefficient (Wildman–Crippen LogP) is 3.00. The van der Waals surface area contributed by atoms with Gasteiger partial charge in [0.2, 0.25) is 0 Å². The molecule has 1 atom stereocenters. The largest absolute Gasteiger partial charge is 0.486 e. The van der Waals surface area contributed by atoms with Gasteiger partial charge < -0.3 is 19.9 Å². The lowest BCUT2D eigenvalue weighted by atomic mass is 9.94. The van der Waals surface area contributed by atoms with E-state index in [0.29, 0.717) is 48.7 Å². The molecule has 21 heavy (non-hydrogen) atoms. The van der Waals surface area contributed by atoms with E-state index in [1.807, 2.05) is 19.1 Å². The molecular weight excluding hydrogens is 290 g/mol. The fourth-order valence-corrected chi connectivity index (χ4v) is 2.98. The summed E-state index contributed by atoms with van der Waals surface area (Å²) < 4.78 is 11.1. The van der Waals surface area contributed by atoms with Crippen LogP contribution in [0.1, 0.15) is 32.8 Å². The Labute approximate surface area is 131 Å². The van der Waals surface area contributed by atoms with Gasteiger partial charge in [0.1, 0.15) is 13.2 Å². The zero-order valence-corrected chi connectivity index (χ0v) is 13.7. The number of nitrogens with one attached hydrogen (secondary N) is 1. The number of hydrogen-bond acceptors (Lipinski definition) is 4. The molecule has 1 unspecified atom stereocenters. The molecule has 2 rings (SSSR count). The molecular formula is C16H24ClNO3. The van der Waals surface area contributed by atoms with Crippen LogP contribution in [0.4, 0.5) is 0 Å². The lowest BCUT2D eigenvalue weighted by molar-refractivity contribution is 0.0383. The van der Waals surface area contributed by atoms with Crippen LogP contribution < -0.4 is 14.8 Å². The molecule has 4 nitrogen and oxygen atoms in total. The molecule has 0 saturated carbocycles. The highest BCUT2D eigenvalue weighted by molar-refractivity contribution is 6.32. The molecule has 0 spiro atoms. The first-order chi connectivity index (χ1) is 9.87. The third-order valence-corrected chi connectivity index (χ3v) is 3.62. The van der Waals surface area contributed by atoms with Gasteiger partial charge in [-0.2, -0.15) is 0 Å². The third-order valence-electron chi connectivity index (χ3n) is 3.34. The fraction of sp³-hybridized carbons (Fsp3) is 0.625. The van der Waals surface area contributed by atoms with Gasteiger partial charge in [0, 0.05) is 13.1 Å². The molecule has 0 amide bonds. The number of aliphatic hydroxyl groups is 1. The van der Waals surface area contributed by atoms with E-state index in [2.05, 4.69) is 19.2 Å². The zero-order chi connectivity index (χ0) is 15.5. The Morgan fingerprint density at radius 2 is 2.05 bits per heavy atom. The summed E-state index contributed by atoms with van der Waals surface area (Å²) in [6.45, 7) is 8.31. The molecule has 0 radical (unpaired) electrons. The third kappa shape index (κ3) is 4.77. The van der Waals surface area contributed by atoms with Gasteiger partial charge in [-0.25, -0.2) is 0 Å². The number of halogens is 1. The Morgan fingerprint density at radius 3 is 2.76 bits per heavy atom. The van der Waals surface area contributed by atoms with Crippen molar-refractivity contribution in [2.45, 2.75) is 39.3 Å². The van der Waals surface area contributed by atoms with Crippen molar-refractivity contribution in [3.63, 3.8) is 0 Å². The molecule has 2 N–H and O–H groups in total. The van der Waals surface area contributed by atoms with Crippen molar-refractivity contribution in [3.8, 4) is 11.5 Å². The van der Waals surface area contributed by atoms with Crippen molar-refractivity contribution in [1.29, 1.82) is 0 Å². The second kappa shape index (κ2) is 6.86. The number of ether oxygens (including phenoxy) is 2. The van der Waals surface area contributed by atoms with Crippen LogP contribution in [-0.2, 0) is 6.54 Å². The first kappa shape index (κ1) is 16.4. The van der Waals surface area contributed by atoms with Gasteiger partial charge in [0.25, 0.3) is 0 Å². The lowest BCUT2D eigenvalue weighted by Crippen LogP contribution is -2.38. The monoisotopic (exact) mass is 313 g/mol. The summed E-state index contributed by atoms with van der Waals surface area (Å²) >= 11 is 6.20. The molecule has 0 bridgehead atoms. The van der Waals surface area contributed by atoms with Crippen LogP contribution in [0.3, 0.4) is 0 Å². The SMILES string of the molecule is CC(C)CC(C)(O)CNCc1cc(Cl)c2c(c1)OCCO2. The molecule has 0 aromatic heterocycles. The molecule has 0 aliphatic carbocycles. The average Bonchev–Trinajstić information content (AvgIpc) is 2.37. The maximum Gasteiger partial charge on any atom is 0.179 e. The number of fused-ring (bicyclic) bond motifs is 1. The summed E-state index contributed by atoms with van der Waals surface area (Å²) in [5.41, 5.74) is 0.316. The first-order valence-corrected chi connectivity index (χ1v) is 7.76. The Kier molecular flexibility index (Phi) is 5.36. The Bertz CT molecular complexity index is 489. The minimum absolute atomic E-state index is 0.463. The Morgan fingerprint density at radius 1 is 1.33 bits per heavy atom.